The molecule has 0 aliphatic heterocycles. The van der Waals surface area contributed by atoms with E-state index in [1.165, 1.54) is 7.11 Å². The molecule has 0 bridgehead atoms. The summed E-state index contributed by atoms with van der Waals surface area (Å²) in [6, 6.07) is -0.0170. The molecule has 1 atom stereocenters. The lowest BCUT2D eigenvalue weighted by Crippen LogP contribution is -2.28. The van der Waals surface area contributed by atoms with Crippen molar-refractivity contribution in [3.63, 3.8) is 0 Å². The smallest absolute Gasteiger partial charge is 0.333 e. The molecule has 0 aliphatic carbocycles. The zero-order valence-electron chi connectivity index (χ0n) is 7.96. The molecule has 0 fully saturated rings. The van der Waals surface area contributed by atoms with E-state index < -0.39 is 0 Å². The molecule has 12 heavy (non-hydrogen) atoms. The Morgan fingerprint density at radius 2 is 2.08 bits per heavy atom. The number of methoxy groups -OCH3 is 1. The summed E-state index contributed by atoms with van der Waals surface area (Å²) in [5.74, 6) is -0.0162. The van der Waals surface area contributed by atoms with Crippen molar-refractivity contribution in [2.24, 2.45) is 11.7 Å². The van der Waals surface area contributed by atoms with Crippen molar-refractivity contribution in [1.29, 1.82) is 0 Å². The number of carbonyl (C=O) groups excluding carboxylic acids is 1. The van der Waals surface area contributed by atoms with Crippen molar-refractivity contribution in [1.82, 2.24) is 0 Å². The van der Waals surface area contributed by atoms with Gasteiger partial charge in [0, 0.05) is 11.6 Å². The normalized spacial score (nSPS) is 12.8. The van der Waals surface area contributed by atoms with Crippen LogP contribution < -0.4 is 5.73 Å². The first-order chi connectivity index (χ1) is 5.49. The molecule has 0 aromatic rings. The van der Waals surface area contributed by atoms with Gasteiger partial charge in [-0.05, 0) is 12.3 Å². The highest BCUT2D eigenvalue weighted by molar-refractivity contribution is 5.87. The Morgan fingerprint density at radius 3 is 2.42 bits per heavy atom. The summed E-state index contributed by atoms with van der Waals surface area (Å²) in [6.45, 7) is 7.61. The Bertz CT molecular complexity index is 175. The quantitative estimate of drug-likeness (QED) is 0.509. The van der Waals surface area contributed by atoms with Crippen molar-refractivity contribution >= 4 is 5.97 Å². The number of esters is 1. The minimum Gasteiger partial charge on any atom is -0.466 e. The van der Waals surface area contributed by atoms with Gasteiger partial charge in [0.25, 0.3) is 0 Å². The molecule has 0 spiro atoms. The maximum atomic E-state index is 10.9. The molecule has 0 aromatic carbocycles. The Morgan fingerprint density at radius 1 is 1.58 bits per heavy atom. The van der Waals surface area contributed by atoms with E-state index in [-0.39, 0.29) is 12.0 Å². The third kappa shape index (κ3) is 3.53. The number of hydrogen-bond acceptors (Lipinski definition) is 3. The van der Waals surface area contributed by atoms with Crippen molar-refractivity contribution in [3.8, 4) is 0 Å². The summed E-state index contributed by atoms with van der Waals surface area (Å²) in [5.41, 5.74) is 6.18. The molecule has 0 saturated carbocycles. The van der Waals surface area contributed by atoms with E-state index in [1.54, 1.807) is 0 Å². The molecule has 0 saturated heterocycles. The van der Waals surface area contributed by atoms with Gasteiger partial charge in [-0.3, -0.25) is 0 Å². The van der Waals surface area contributed by atoms with Crippen LogP contribution in [0.15, 0.2) is 12.2 Å². The van der Waals surface area contributed by atoms with Crippen LogP contribution in [-0.2, 0) is 9.53 Å². The van der Waals surface area contributed by atoms with Crippen LogP contribution in [-0.4, -0.2) is 19.1 Å². The van der Waals surface area contributed by atoms with E-state index in [1.807, 2.05) is 13.8 Å². The fourth-order valence-electron chi connectivity index (χ4n) is 0.748. The number of ether oxygens (including phenoxy) is 1. The van der Waals surface area contributed by atoms with Crippen LogP contribution in [0.3, 0.4) is 0 Å². The average molecular weight is 171 g/mol. The van der Waals surface area contributed by atoms with Crippen molar-refractivity contribution in [2.45, 2.75) is 26.3 Å². The number of nitrogens with two attached hydrogens (primary N) is 1. The van der Waals surface area contributed by atoms with Gasteiger partial charge in [0.05, 0.1) is 7.11 Å². The molecule has 70 valence electrons. The summed E-state index contributed by atoms with van der Waals surface area (Å²) < 4.78 is 4.50. The van der Waals surface area contributed by atoms with Crippen molar-refractivity contribution in [3.05, 3.63) is 12.2 Å². The second-order valence-corrected chi connectivity index (χ2v) is 3.21. The lowest BCUT2D eigenvalue weighted by atomic mass is 9.98. The molecule has 3 heteroatoms. The summed E-state index contributed by atoms with van der Waals surface area (Å²) in [6.07, 6.45) is 0.504. The van der Waals surface area contributed by atoms with E-state index in [9.17, 15) is 4.79 Å². The minimum absolute atomic E-state index is 0.0170. The van der Waals surface area contributed by atoms with Crippen LogP contribution in [0.25, 0.3) is 0 Å². The average Bonchev–Trinajstić information content (AvgIpc) is 2.02. The first-order valence-corrected chi connectivity index (χ1v) is 4.00. The first kappa shape index (κ1) is 11.2. The lowest BCUT2D eigenvalue weighted by molar-refractivity contribution is -0.136. The van der Waals surface area contributed by atoms with Crippen LogP contribution in [0.5, 0.6) is 0 Å². The zero-order valence-corrected chi connectivity index (χ0v) is 7.96. The zero-order chi connectivity index (χ0) is 9.72. The second kappa shape index (κ2) is 4.93. The van der Waals surface area contributed by atoms with Crippen molar-refractivity contribution in [2.75, 3.05) is 7.11 Å². The summed E-state index contributed by atoms with van der Waals surface area (Å²) >= 11 is 0. The van der Waals surface area contributed by atoms with Crippen LogP contribution in [0.1, 0.15) is 20.3 Å². The van der Waals surface area contributed by atoms with Crippen LogP contribution in [0, 0.1) is 5.92 Å². The highest BCUT2D eigenvalue weighted by Gasteiger charge is 2.13. The molecule has 2 N–H and O–H groups in total. The predicted octanol–water partition coefficient (Wildman–Crippen LogP) is 1.09. The van der Waals surface area contributed by atoms with Gasteiger partial charge in [-0.1, -0.05) is 20.4 Å². The molecule has 0 unspecified atom stereocenters. The van der Waals surface area contributed by atoms with E-state index >= 15 is 0 Å². The topological polar surface area (TPSA) is 52.3 Å². The molecular formula is C9H17NO2. The monoisotopic (exact) mass is 171 g/mol. The lowest BCUT2D eigenvalue weighted by Gasteiger charge is -2.15. The van der Waals surface area contributed by atoms with Gasteiger partial charge in [-0.15, -0.1) is 0 Å². The summed E-state index contributed by atoms with van der Waals surface area (Å²) in [4.78, 5) is 10.9. The fourth-order valence-corrected chi connectivity index (χ4v) is 0.748. The standard InChI is InChI=1S/C9H17NO2/c1-6(2)8(10)5-7(3)9(11)12-4/h6,8H,3,5,10H2,1-2,4H3/t8-/m0/s1. The Labute approximate surface area is 73.6 Å². The highest BCUT2D eigenvalue weighted by atomic mass is 16.5. The van der Waals surface area contributed by atoms with Crippen LogP contribution in [0.2, 0.25) is 0 Å². The summed E-state index contributed by atoms with van der Waals surface area (Å²) in [5, 5.41) is 0. The van der Waals surface area contributed by atoms with Gasteiger partial charge in [-0.2, -0.15) is 0 Å². The first-order valence-electron chi connectivity index (χ1n) is 4.00. The van der Waals surface area contributed by atoms with E-state index in [0.717, 1.165) is 0 Å². The van der Waals surface area contributed by atoms with Gasteiger partial charge < -0.3 is 10.5 Å². The molecule has 0 heterocycles. The van der Waals surface area contributed by atoms with Gasteiger partial charge in [0.15, 0.2) is 0 Å². The Kier molecular flexibility index (Phi) is 4.59. The van der Waals surface area contributed by atoms with Gasteiger partial charge in [0.2, 0.25) is 0 Å². The SMILES string of the molecule is C=C(C[C@H](N)C(C)C)C(=O)OC. The van der Waals surface area contributed by atoms with Gasteiger partial charge in [0.1, 0.15) is 0 Å². The third-order valence-electron chi connectivity index (χ3n) is 1.81. The largest absolute Gasteiger partial charge is 0.466 e. The third-order valence-corrected chi connectivity index (χ3v) is 1.81. The predicted molar refractivity (Wildman–Crippen MR) is 48.6 cm³/mol. The molecule has 0 aromatic heterocycles. The highest BCUT2D eigenvalue weighted by Crippen LogP contribution is 2.09. The maximum absolute atomic E-state index is 10.9. The van der Waals surface area contributed by atoms with Gasteiger partial charge in [-0.25, -0.2) is 4.79 Å². The molecule has 0 aliphatic rings. The van der Waals surface area contributed by atoms with E-state index in [4.69, 9.17) is 5.73 Å². The van der Waals surface area contributed by atoms with Crippen molar-refractivity contribution < 1.29 is 9.53 Å². The number of hydrogen-bond donors (Lipinski definition) is 1. The number of rotatable bonds is 4. The molecule has 0 radical (unpaired) electrons. The number of carbonyl (C=O) groups is 1. The summed E-state index contributed by atoms with van der Waals surface area (Å²) in [7, 11) is 1.34. The second-order valence-electron chi connectivity index (χ2n) is 3.21. The Balaban J connectivity index is 3.92. The Hall–Kier alpha value is -0.830. The molecule has 3 nitrogen and oxygen atoms in total. The maximum Gasteiger partial charge on any atom is 0.333 e. The molecular weight excluding hydrogens is 154 g/mol. The van der Waals surface area contributed by atoms with Crippen LogP contribution in [0.4, 0.5) is 0 Å². The molecule has 0 amide bonds. The fraction of sp³-hybridized carbons (Fsp3) is 0.667. The van der Waals surface area contributed by atoms with Crippen LogP contribution >= 0.6 is 0 Å². The van der Waals surface area contributed by atoms with E-state index in [0.29, 0.717) is 17.9 Å². The van der Waals surface area contributed by atoms with E-state index in [2.05, 4.69) is 11.3 Å². The minimum atomic E-state index is -0.369. The molecule has 0 rings (SSSR count). The van der Waals surface area contributed by atoms with Gasteiger partial charge >= 0.3 is 5.97 Å².